The van der Waals surface area contributed by atoms with Crippen molar-refractivity contribution in [2.75, 3.05) is 0 Å². The Kier molecular flexibility index (Phi) is 2.15. The minimum atomic E-state index is -2.69. The zero-order chi connectivity index (χ0) is 11.0. The van der Waals surface area contributed by atoms with Gasteiger partial charge in [-0.15, -0.1) is 0 Å². The summed E-state index contributed by atoms with van der Waals surface area (Å²) in [5.41, 5.74) is 0.305. The van der Waals surface area contributed by atoms with Crippen molar-refractivity contribution in [3.05, 3.63) is 35.6 Å². The molecule has 3 nitrogen and oxygen atoms in total. The number of hydrogen-bond donors (Lipinski definition) is 1. The number of fused-ring (bicyclic) bond motifs is 1. The molecule has 0 bridgehead atoms. The number of rotatable bonds is 2. The molecule has 1 N–H and O–H groups in total. The fourth-order valence-corrected chi connectivity index (χ4v) is 1.30. The zero-order valence-corrected chi connectivity index (χ0v) is 7.41. The van der Waals surface area contributed by atoms with Crippen LogP contribution in [0.15, 0.2) is 28.7 Å². The van der Waals surface area contributed by atoms with Crippen LogP contribution in [0.2, 0.25) is 0 Å². The summed E-state index contributed by atoms with van der Waals surface area (Å²) in [5, 5.41) is 9.05. The molecule has 5 heteroatoms. The Morgan fingerprint density at radius 3 is 2.67 bits per heavy atom. The molecule has 0 amide bonds. The van der Waals surface area contributed by atoms with Crippen LogP contribution in [0.5, 0.6) is 0 Å². The maximum atomic E-state index is 12.3. The SMILES string of the molecule is O=C(O)c1ccc2oc(C(F)F)cc2c1. The van der Waals surface area contributed by atoms with Gasteiger partial charge in [0.25, 0.3) is 6.43 Å². The van der Waals surface area contributed by atoms with Crippen LogP contribution in [0.25, 0.3) is 11.0 Å². The number of halogens is 2. The molecule has 1 aromatic heterocycles. The molecule has 0 unspecified atom stereocenters. The smallest absolute Gasteiger partial charge is 0.335 e. The van der Waals surface area contributed by atoms with E-state index in [1.165, 1.54) is 18.2 Å². The van der Waals surface area contributed by atoms with Crippen molar-refractivity contribution < 1.29 is 23.1 Å². The summed E-state index contributed by atoms with van der Waals surface area (Å²) in [6, 6.07) is 5.12. The number of carboxylic acids is 1. The normalized spacial score (nSPS) is 11.1. The van der Waals surface area contributed by atoms with E-state index in [1.807, 2.05) is 0 Å². The monoisotopic (exact) mass is 212 g/mol. The Hall–Kier alpha value is -1.91. The van der Waals surface area contributed by atoms with Gasteiger partial charge in [0.15, 0.2) is 5.76 Å². The van der Waals surface area contributed by atoms with E-state index >= 15 is 0 Å². The Morgan fingerprint density at radius 2 is 2.07 bits per heavy atom. The standard InChI is InChI=1S/C10H6F2O3/c11-9(12)8-4-6-3-5(10(13)14)1-2-7(6)15-8/h1-4,9H,(H,13,14). The average Bonchev–Trinajstić information content (AvgIpc) is 2.59. The average molecular weight is 212 g/mol. The van der Waals surface area contributed by atoms with E-state index in [9.17, 15) is 13.6 Å². The van der Waals surface area contributed by atoms with Gasteiger partial charge in [-0.05, 0) is 24.3 Å². The number of alkyl halides is 2. The lowest BCUT2D eigenvalue weighted by atomic mass is 10.1. The highest BCUT2D eigenvalue weighted by molar-refractivity contribution is 5.93. The van der Waals surface area contributed by atoms with E-state index in [4.69, 9.17) is 9.52 Å². The molecule has 0 aliphatic carbocycles. The Balaban J connectivity index is 2.57. The first-order valence-electron chi connectivity index (χ1n) is 4.13. The van der Waals surface area contributed by atoms with Crippen molar-refractivity contribution in [3.63, 3.8) is 0 Å². The third-order valence-electron chi connectivity index (χ3n) is 2.00. The van der Waals surface area contributed by atoms with Gasteiger partial charge in [-0.1, -0.05) is 0 Å². The molecule has 0 fully saturated rings. The van der Waals surface area contributed by atoms with E-state index in [2.05, 4.69) is 0 Å². The molecular weight excluding hydrogens is 206 g/mol. The van der Waals surface area contributed by atoms with Gasteiger partial charge < -0.3 is 9.52 Å². The number of benzene rings is 1. The molecule has 0 saturated carbocycles. The fourth-order valence-electron chi connectivity index (χ4n) is 1.30. The molecule has 2 rings (SSSR count). The highest BCUT2D eigenvalue weighted by atomic mass is 19.3. The fraction of sp³-hybridized carbons (Fsp3) is 0.100. The van der Waals surface area contributed by atoms with Crippen LogP contribution in [-0.2, 0) is 0 Å². The van der Waals surface area contributed by atoms with E-state index in [-0.39, 0.29) is 11.1 Å². The Bertz CT molecular complexity index is 516. The van der Waals surface area contributed by atoms with Crippen molar-refractivity contribution in [2.24, 2.45) is 0 Å². The first-order chi connectivity index (χ1) is 7.08. The van der Waals surface area contributed by atoms with Gasteiger partial charge in [-0.2, -0.15) is 0 Å². The van der Waals surface area contributed by atoms with E-state index in [0.29, 0.717) is 5.39 Å². The number of aromatic carboxylic acids is 1. The van der Waals surface area contributed by atoms with Crippen LogP contribution in [0.1, 0.15) is 22.5 Å². The maximum absolute atomic E-state index is 12.3. The Morgan fingerprint density at radius 1 is 1.33 bits per heavy atom. The molecule has 2 aromatic rings. The van der Waals surface area contributed by atoms with Crippen LogP contribution in [0.4, 0.5) is 8.78 Å². The molecule has 0 radical (unpaired) electrons. The third-order valence-corrected chi connectivity index (χ3v) is 2.00. The molecule has 1 aromatic carbocycles. The predicted molar refractivity (Wildman–Crippen MR) is 48.1 cm³/mol. The van der Waals surface area contributed by atoms with Crippen LogP contribution in [-0.4, -0.2) is 11.1 Å². The second-order valence-corrected chi connectivity index (χ2v) is 3.01. The summed E-state index contributed by atoms with van der Waals surface area (Å²) in [4.78, 5) is 10.6. The molecule has 78 valence electrons. The van der Waals surface area contributed by atoms with Gasteiger partial charge in [0.05, 0.1) is 5.56 Å². The van der Waals surface area contributed by atoms with Crippen molar-refractivity contribution in [1.82, 2.24) is 0 Å². The van der Waals surface area contributed by atoms with E-state index in [1.54, 1.807) is 0 Å². The van der Waals surface area contributed by atoms with Gasteiger partial charge in [-0.3, -0.25) is 0 Å². The second kappa shape index (κ2) is 3.34. The molecule has 0 saturated heterocycles. The minimum absolute atomic E-state index is 0.0455. The number of carbonyl (C=O) groups is 1. The third kappa shape index (κ3) is 1.68. The molecule has 0 atom stereocenters. The molecule has 0 aliphatic heterocycles. The number of hydrogen-bond acceptors (Lipinski definition) is 2. The summed E-state index contributed by atoms with van der Waals surface area (Å²) in [6.07, 6.45) is -2.69. The van der Waals surface area contributed by atoms with E-state index in [0.717, 1.165) is 6.07 Å². The maximum Gasteiger partial charge on any atom is 0.335 e. The topological polar surface area (TPSA) is 50.4 Å². The molecule has 15 heavy (non-hydrogen) atoms. The molecule has 0 aliphatic rings. The van der Waals surface area contributed by atoms with Crippen molar-refractivity contribution in [3.8, 4) is 0 Å². The highest BCUT2D eigenvalue weighted by Crippen LogP contribution is 2.27. The van der Waals surface area contributed by atoms with Gasteiger partial charge in [0.2, 0.25) is 0 Å². The lowest BCUT2D eigenvalue weighted by molar-refractivity contribution is 0.0697. The van der Waals surface area contributed by atoms with Gasteiger partial charge >= 0.3 is 5.97 Å². The molecular formula is C10H6F2O3. The van der Waals surface area contributed by atoms with Crippen LogP contribution in [0, 0.1) is 0 Å². The summed E-state index contributed by atoms with van der Waals surface area (Å²) in [6.45, 7) is 0. The molecule has 1 heterocycles. The number of furan rings is 1. The summed E-state index contributed by atoms with van der Waals surface area (Å²) in [5.74, 6) is -1.55. The van der Waals surface area contributed by atoms with Crippen molar-refractivity contribution in [1.29, 1.82) is 0 Å². The van der Waals surface area contributed by atoms with Crippen molar-refractivity contribution in [2.45, 2.75) is 6.43 Å². The first-order valence-corrected chi connectivity index (χ1v) is 4.13. The largest absolute Gasteiger partial charge is 0.478 e. The van der Waals surface area contributed by atoms with E-state index < -0.39 is 18.2 Å². The Labute approximate surface area is 82.9 Å². The quantitative estimate of drug-likeness (QED) is 0.832. The first kappa shape index (κ1) is 9.64. The van der Waals surface area contributed by atoms with Gasteiger partial charge in [0, 0.05) is 5.39 Å². The van der Waals surface area contributed by atoms with Crippen molar-refractivity contribution >= 4 is 16.9 Å². The van der Waals surface area contributed by atoms with Crippen LogP contribution < -0.4 is 0 Å². The van der Waals surface area contributed by atoms with Crippen LogP contribution >= 0.6 is 0 Å². The lowest BCUT2D eigenvalue weighted by Gasteiger charge is -1.92. The van der Waals surface area contributed by atoms with Gasteiger partial charge in [0.1, 0.15) is 5.58 Å². The summed E-state index contributed by atoms with van der Waals surface area (Å²) < 4.78 is 29.3. The highest BCUT2D eigenvalue weighted by Gasteiger charge is 2.14. The lowest BCUT2D eigenvalue weighted by Crippen LogP contribution is -1.94. The predicted octanol–water partition coefficient (Wildman–Crippen LogP) is 3.07. The second-order valence-electron chi connectivity index (χ2n) is 3.01. The molecule has 0 spiro atoms. The summed E-state index contributed by atoms with van der Waals surface area (Å²) in [7, 11) is 0. The minimum Gasteiger partial charge on any atom is -0.478 e. The van der Waals surface area contributed by atoms with Crippen LogP contribution in [0.3, 0.4) is 0 Å². The van der Waals surface area contributed by atoms with Gasteiger partial charge in [-0.25, -0.2) is 13.6 Å². The zero-order valence-electron chi connectivity index (χ0n) is 7.41. The summed E-state index contributed by atoms with van der Waals surface area (Å²) >= 11 is 0. The number of carboxylic acid groups (broad SMARTS) is 1.